The van der Waals surface area contributed by atoms with E-state index < -0.39 is 0 Å². The van der Waals surface area contributed by atoms with Gasteiger partial charge in [-0.1, -0.05) is 42.5 Å². The number of carbonyl (C=O) groups excluding carboxylic acids is 2. The van der Waals surface area contributed by atoms with Crippen LogP contribution in [-0.2, 0) is 14.3 Å². The molecule has 4 nitrogen and oxygen atoms in total. The maximum atomic E-state index is 12.1. The highest BCUT2D eigenvalue weighted by Crippen LogP contribution is 2.27. The first-order valence-corrected chi connectivity index (χ1v) is 8.50. The summed E-state index contributed by atoms with van der Waals surface area (Å²) in [6.07, 6.45) is 3.60. The predicted octanol–water partition coefficient (Wildman–Crippen LogP) is 3.99. The van der Waals surface area contributed by atoms with Gasteiger partial charge in [-0.15, -0.1) is 11.8 Å². The fraction of sp³-hybridized carbons (Fsp3) is 0.158. The van der Waals surface area contributed by atoms with E-state index >= 15 is 0 Å². The van der Waals surface area contributed by atoms with Gasteiger partial charge in [0.25, 0.3) is 0 Å². The van der Waals surface area contributed by atoms with Gasteiger partial charge in [-0.25, -0.2) is 0 Å². The number of hydrogen-bond acceptors (Lipinski definition) is 4. The molecule has 0 heterocycles. The maximum absolute atomic E-state index is 12.1. The Morgan fingerprint density at radius 2 is 1.79 bits per heavy atom. The van der Waals surface area contributed by atoms with Crippen LogP contribution in [0, 0.1) is 0 Å². The van der Waals surface area contributed by atoms with E-state index in [1.807, 2.05) is 54.6 Å². The molecule has 0 aliphatic rings. The molecule has 0 saturated carbocycles. The molecule has 0 aliphatic heterocycles. The number of benzene rings is 2. The third-order valence-corrected chi connectivity index (χ3v) is 4.24. The third-order valence-electron chi connectivity index (χ3n) is 3.16. The lowest BCUT2D eigenvalue weighted by Gasteiger charge is -2.09. The van der Waals surface area contributed by atoms with Gasteiger partial charge in [0.1, 0.15) is 0 Å². The molecular formula is C19H19NO3S. The predicted molar refractivity (Wildman–Crippen MR) is 97.9 cm³/mol. The van der Waals surface area contributed by atoms with E-state index in [2.05, 4.69) is 10.1 Å². The van der Waals surface area contributed by atoms with Gasteiger partial charge in [0.05, 0.1) is 19.2 Å². The van der Waals surface area contributed by atoms with Gasteiger partial charge in [-0.3, -0.25) is 9.59 Å². The van der Waals surface area contributed by atoms with Crippen LogP contribution in [0.4, 0.5) is 5.69 Å². The molecule has 0 bridgehead atoms. The number of nitrogens with one attached hydrogen (secondary N) is 1. The van der Waals surface area contributed by atoms with E-state index in [1.165, 1.54) is 24.9 Å². The molecule has 0 aliphatic carbocycles. The van der Waals surface area contributed by atoms with E-state index in [1.54, 1.807) is 6.08 Å². The van der Waals surface area contributed by atoms with Gasteiger partial charge in [0.2, 0.25) is 5.91 Å². The Balaban J connectivity index is 1.95. The van der Waals surface area contributed by atoms with E-state index in [-0.39, 0.29) is 11.9 Å². The standard InChI is InChI=1S/C19H19NO3S/c1-23-19(22)13-14-24-17-10-6-5-9-16(17)20-18(21)12-11-15-7-3-2-4-8-15/h2-12H,13-14H2,1H3,(H,20,21)/b12-11+. The number of thioether (sulfide) groups is 1. The first-order chi connectivity index (χ1) is 11.7. The highest BCUT2D eigenvalue weighted by atomic mass is 32.2. The second-order valence-electron chi connectivity index (χ2n) is 4.90. The molecule has 124 valence electrons. The monoisotopic (exact) mass is 341 g/mol. The number of ether oxygens (including phenoxy) is 1. The van der Waals surface area contributed by atoms with Crippen LogP contribution in [0.3, 0.4) is 0 Å². The van der Waals surface area contributed by atoms with Gasteiger partial charge in [-0.05, 0) is 23.8 Å². The Morgan fingerprint density at radius 1 is 1.08 bits per heavy atom. The minimum absolute atomic E-state index is 0.195. The zero-order valence-corrected chi connectivity index (χ0v) is 14.2. The second kappa shape index (κ2) is 9.57. The third kappa shape index (κ3) is 5.93. The highest BCUT2D eigenvalue weighted by molar-refractivity contribution is 7.99. The molecule has 0 aromatic heterocycles. The fourth-order valence-electron chi connectivity index (χ4n) is 1.95. The Kier molecular flexibility index (Phi) is 7.11. The van der Waals surface area contributed by atoms with E-state index in [0.717, 1.165) is 16.1 Å². The maximum Gasteiger partial charge on any atom is 0.306 e. The Hall–Kier alpha value is -2.53. The first-order valence-electron chi connectivity index (χ1n) is 7.52. The minimum Gasteiger partial charge on any atom is -0.469 e. The summed E-state index contributed by atoms with van der Waals surface area (Å²) in [5, 5.41) is 2.87. The summed E-state index contributed by atoms with van der Waals surface area (Å²) >= 11 is 1.51. The number of hydrogen-bond donors (Lipinski definition) is 1. The summed E-state index contributed by atoms with van der Waals surface area (Å²) in [6, 6.07) is 17.2. The number of carbonyl (C=O) groups is 2. The topological polar surface area (TPSA) is 55.4 Å². The normalized spacial score (nSPS) is 10.5. The number of para-hydroxylation sites is 1. The van der Waals surface area contributed by atoms with Crippen LogP contribution in [0.25, 0.3) is 6.08 Å². The zero-order chi connectivity index (χ0) is 17.2. The molecule has 0 unspecified atom stereocenters. The van der Waals surface area contributed by atoms with Gasteiger partial charge in [-0.2, -0.15) is 0 Å². The summed E-state index contributed by atoms with van der Waals surface area (Å²) in [7, 11) is 1.38. The number of anilines is 1. The van der Waals surface area contributed by atoms with Crippen LogP contribution in [0.2, 0.25) is 0 Å². The van der Waals surface area contributed by atoms with Crippen LogP contribution >= 0.6 is 11.8 Å². The SMILES string of the molecule is COC(=O)CCSc1ccccc1NC(=O)/C=C/c1ccccc1. The Morgan fingerprint density at radius 3 is 2.54 bits per heavy atom. The van der Waals surface area contributed by atoms with Crippen LogP contribution < -0.4 is 5.32 Å². The van der Waals surface area contributed by atoms with E-state index in [4.69, 9.17) is 0 Å². The van der Waals surface area contributed by atoms with Crippen molar-refractivity contribution < 1.29 is 14.3 Å². The summed E-state index contributed by atoms with van der Waals surface area (Å²) < 4.78 is 4.63. The van der Waals surface area contributed by atoms with Crippen LogP contribution in [0.15, 0.2) is 65.6 Å². The van der Waals surface area contributed by atoms with Crippen LogP contribution in [0.5, 0.6) is 0 Å². The van der Waals surface area contributed by atoms with E-state index in [9.17, 15) is 9.59 Å². The van der Waals surface area contributed by atoms with E-state index in [0.29, 0.717) is 12.2 Å². The van der Waals surface area contributed by atoms with Crippen molar-refractivity contribution in [2.45, 2.75) is 11.3 Å². The molecule has 2 aromatic carbocycles. The van der Waals surface area contributed by atoms with Crippen molar-refractivity contribution in [2.75, 3.05) is 18.2 Å². The van der Waals surface area contributed by atoms with Crippen molar-refractivity contribution in [3.63, 3.8) is 0 Å². The minimum atomic E-state index is -0.241. The van der Waals surface area contributed by atoms with Gasteiger partial charge in [0, 0.05) is 16.7 Å². The molecule has 0 fully saturated rings. The largest absolute Gasteiger partial charge is 0.469 e. The number of amides is 1. The molecule has 0 atom stereocenters. The van der Waals surface area contributed by atoms with Gasteiger partial charge >= 0.3 is 5.97 Å². The van der Waals surface area contributed by atoms with Gasteiger partial charge in [0.15, 0.2) is 0 Å². The smallest absolute Gasteiger partial charge is 0.306 e. The first kappa shape index (κ1) is 17.8. The summed E-state index contributed by atoms with van der Waals surface area (Å²) in [6.45, 7) is 0. The molecular weight excluding hydrogens is 322 g/mol. The molecule has 2 rings (SSSR count). The lowest BCUT2D eigenvalue weighted by molar-refractivity contribution is -0.140. The quantitative estimate of drug-likeness (QED) is 0.470. The Bertz CT molecular complexity index is 714. The lowest BCUT2D eigenvalue weighted by Crippen LogP contribution is -2.08. The zero-order valence-electron chi connectivity index (χ0n) is 13.4. The van der Waals surface area contributed by atoms with Crippen molar-refractivity contribution in [1.29, 1.82) is 0 Å². The van der Waals surface area contributed by atoms with Crippen LogP contribution in [-0.4, -0.2) is 24.7 Å². The molecule has 5 heteroatoms. The molecule has 2 aromatic rings. The van der Waals surface area contributed by atoms with Crippen LogP contribution in [0.1, 0.15) is 12.0 Å². The summed E-state index contributed by atoms with van der Waals surface area (Å²) in [5.41, 5.74) is 1.70. The van der Waals surface area contributed by atoms with Crippen molar-refractivity contribution in [1.82, 2.24) is 0 Å². The molecule has 0 spiro atoms. The van der Waals surface area contributed by atoms with Crippen molar-refractivity contribution in [3.05, 3.63) is 66.2 Å². The second-order valence-corrected chi connectivity index (χ2v) is 6.04. The number of esters is 1. The Labute approximate surface area is 145 Å². The van der Waals surface area contributed by atoms with Crippen molar-refractivity contribution >= 4 is 35.4 Å². The fourth-order valence-corrected chi connectivity index (χ4v) is 2.89. The highest BCUT2D eigenvalue weighted by Gasteiger charge is 2.06. The van der Waals surface area contributed by atoms with Crippen molar-refractivity contribution in [2.24, 2.45) is 0 Å². The molecule has 0 saturated heterocycles. The number of rotatable bonds is 7. The number of methoxy groups -OCH3 is 1. The summed E-state index contributed by atoms with van der Waals surface area (Å²) in [4.78, 5) is 24.2. The van der Waals surface area contributed by atoms with Crippen molar-refractivity contribution in [3.8, 4) is 0 Å². The average molecular weight is 341 g/mol. The molecule has 1 N–H and O–H groups in total. The summed E-state index contributed by atoms with van der Waals surface area (Å²) in [5.74, 6) is 0.161. The lowest BCUT2D eigenvalue weighted by atomic mass is 10.2. The average Bonchev–Trinajstić information content (AvgIpc) is 2.62. The molecule has 0 radical (unpaired) electrons. The van der Waals surface area contributed by atoms with Gasteiger partial charge < -0.3 is 10.1 Å². The molecule has 1 amide bonds. The molecule has 24 heavy (non-hydrogen) atoms.